The second-order valence-electron chi connectivity index (χ2n) is 4.50. The molecule has 3 aromatic rings. The monoisotopic (exact) mass is 298 g/mol. The van der Waals surface area contributed by atoms with Crippen LogP contribution in [-0.4, -0.2) is 16.1 Å². The van der Waals surface area contributed by atoms with Crippen LogP contribution in [0.4, 0.5) is 11.4 Å². The molecule has 1 heterocycles. The second kappa shape index (κ2) is 5.42. The molecule has 0 bridgehead atoms. The molecule has 0 spiro atoms. The Kier molecular flexibility index (Phi) is 3.46. The second-order valence-corrected chi connectivity index (χ2v) is 4.93. The van der Waals surface area contributed by atoms with Crippen LogP contribution >= 0.6 is 11.6 Å². The third-order valence-corrected chi connectivity index (χ3v) is 3.37. The number of aromatic nitrogens is 1. The molecule has 2 aromatic carbocycles. The molecule has 0 radical (unpaired) electrons. The van der Waals surface area contributed by atoms with Crippen LogP contribution in [-0.2, 0) is 0 Å². The maximum atomic E-state index is 11.3. The number of benzene rings is 2. The lowest BCUT2D eigenvalue weighted by molar-refractivity contribution is 0.0698. The first-order valence-electron chi connectivity index (χ1n) is 6.29. The van der Waals surface area contributed by atoms with E-state index >= 15 is 0 Å². The maximum Gasteiger partial charge on any atom is 0.337 e. The van der Waals surface area contributed by atoms with Crippen molar-refractivity contribution in [2.45, 2.75) is 0 Å². The van der Waals surface area contributed by atoms with E-state index in [1.165, 1.54) is 0 Å². The zero-order chi connectivity index (χ0) is 14.8. The number of pyridine rings is 1. The molecule has 3 rings (SSSR count). The summed E-state index contributed by atoms with van der Waals surface area (Å²) >= 11 is 5.96. The average Bonchev–Trinajstić information content (AvgIpc) is 2.47. The molecule has 4 nitrogen and oxygen atoms in total. The highest BCUT2D eigenvalue weighted by molar-refractivity contribution is 6.31. The van der Waals surface area contributed by atoms with Crippen LogP contribution in [0.5, 0.6) is 0 Å². The zero-order valence-electron chi connectivity index (χ0n) is 10.9. The highest BCUT2D eigenvalue weighted by atomic mass is 35.5. The summed E-state index contributed by atoms with van der Waals surface area (Å²) in [5, 5.41) is 13.9. The molecule has 0 aliphatic heterocycles. The summed E-state index contributed by atoms with van der Waals surface area (Å²) in [4.78, 5) is 15.5. The summed E-state index contributed by atoms with van der Waals surface area (Å²) in [6.45, 7) is 0. The van der Waals surface area contributed by atoms with Gasteiger partial charge < -0.3 is 10.4 Å². The molecule has 5 heteroatoms. The van der Waals surface area contributed by atoms with Crippen molar-refractivity contribution in [2.75, 3.05) is 5.32 Å². The summed E-state index contributed by atoms with van der Waals surface area (Å²) in [6.07, 6.45) is 1.66. The van der Waals surface area contributed by atoms with Crippen molar-refractivity contribution in [1.29, 1.82) is 0 Å². The largest absolute Gasteiger partial charge is 0.478 e. The molecule has 0 fully saturated rings. The van der Waals surface area contributed by atoms with Crippen LogP contribution in [0.3, 0.4) is 0 Å². The number of para-hydroxylation sites is 1. The molecule has 0 aliphatic rings. The Balaban J connectivity index is 2.09. The number of carboxylic acid groups (broad SMARTS) is 1. The van der Waals surface area contributed by atoms with Crippen LogP contribution < -0.4 is 5.32 Å². The Morgan fingerprint density at radius 1 is 1.10 bits per heavy atom. The highest BCUT2D eigenvalue weighted by Gasteiger charge is 2.10. The Morgan fingerprint density at radius 3 is 2.71 bits per heavy atom. The van der Waals surface area contributed by atoms with Crippen molar-refractivity contribution in [2.24, 2.45) is 0 Å². The fourth-order valence-corrected chi connectivity index (χ4v) is 2.32. The van der Waals surface area contributed by atoms with Crippen LogP contribution in [0.25, 0.3) is 10.9 Å². The number of fused-ring (bicyclic) bond motifs is 1. The number of hydrogen-bond acceptors (Lipinski definition) is 3. The Bertz CT molecular complexity index is 833. The third-order valence-electron chi connectivity index (χ3n) is 3.13. The van der Waals surface area contributed by atoms with Crippen LogP contribution in [0.1, 0.15) is 10.4 Å². The normalized spacial score (nSPS) is 10.5. The maximum absolute atomic E-state index is 11.3. The molecule has 0 aliphatic carbocycles. The van der Waals surface area contributed by atoms with Gasteiger partial charge in [0.05, 0.1) is 16.8 Å². The van der Waals surface area contributed by atoms with Crippen LogP contribution in [0.15, 0.2) is 54.7 Å². The van der Waals surface area contributed by atoms with Crippen molar-refractivity contribution < 1.29 is 9.90 Å². The van der Waals surface area contributed by atoms with Gasteiger partial charge in [-0.3, -0.25) is 4.98 Å². The van der Waals surface area contributed by atoms with Crippen LogP contribution in [0.2, 0.25) is 5.02 Å². The predicted molar refractivity (Wildman–Crippen MR) is 83.4 cm³/mol. The summed E-state index contributed by atoms with van der Waals surface area (Å²) in [6, 6.07) is 14.0. The Labute approximate surface area is 126 Å². The smallest absolute Gasteiger partial charge is 0.337 e. The van der Waals surface area contributed by atoms with E-state index in [-0.39, 0.29) is 5.56 Å². The van der Waals surface area contributed by atoms with E-state index in [1.54, 1.807) is 48.7 Å². The lowest BCUT2D eigenvalue weighted by Crippen LogP contribution is -2.02. The SMILES string of the molecule is O=C(O)c1ccccc1Nc1ccnc2cc(Cl)ccc12. The number of nitrogens with one attached hydrogen (secondary N) is 1. The van der Waals surface area contributed by atoms with Crippen LogP contribution in [0, 0.1) is 0 Å². The van der Waals surface area contributed by atoms with Crippen molar-refractivity contribution in [3.63, 3.8) is 0 Å². The topological polar surface area (TPSA) is 62.2 Å². The molecule has 104 valence electrons. The minimum Gasteiger partial charge on any atom is -0.478 e. The summed E-state index contributed by atoms with van der Waals surface area (Å²) in [7, 11) is 0. The van der Waals surface area contributed by atoms with Crippen molar-refractivity contribution in [3.8, 4) is 0 Å². The van der Waals surface area contributed by atoms with E-state index in [1.807, 2.05) is 6.07 Å². The standard InChI is InChI=1S/C16H11ClN2O2/c17-10-5-6-11-14(7-8-18-15(11)9-10)19-13-4-2-1-3-12(13)16(20)21/h1-9H,(H,18,19)(H,20,21). The minimum atomic E-state index is -0.973. The average molecular weight is 299 g/mol. The van der Waals surface area contributed by atoms with Gasteiger partial charge in [0.15, 0.2) is 0 Å². The molecule has 0 unspecified atom stereocenters. The number of halogens is 1. The number of carbonyl (C=O) groups is 1. The summed E-state index contributed by atoms with van der Waals surface area (Å²) in [5.74, 6) is -0.973. The van der Waals surface area contributed by atoms with E-state index in [0.29, 0.717) is 10.7 Å². The van der Waals surface area contributed by atoms with Crippen molar-refractivity contribution in [1.82, 2.24) is 4.98 Å². The van der Waals surface area contributed by atoms with Crippen molar-refractivity contribution >= 4 is 39.8 Å². The molecule has 21 heavy (non-hydrogen) atoms. The molecular formula is C16H11ClN2O2. The molecule has 1 aromatic heterocycles. The quantitative estimate of drug-likeness (QED) is 0.755. The fraction of sp³-hybridized carbons (Fsp3) is 0. The fourth-order valence-electron chi connectivity index (χ4n) is 2.15. The molecule has 0 saturated heterocycles. The van der Waals surface area contributed by atoms with Gasteiger partial charge in [0, 0.05) is 22.3 Å². The van der Waals surface area contributed by atoms with Crippen molar-refractivity contribution in [3.05, 3.63) is 65.3 Å². The van der Waals surface area contributed by atoms with E-state index < -0.39 is 5.97 Å². The lowest BCUT2D eigenvalue weighted by atomic mass is 10.1. The molecule has 0 atom stereocenters. The number of carboxylic acids is 1. The summed E-state index contributed by atoms with van der Waals surface area (Å²) < 4.78 is 0. The van der Waals surface area contributed by atoms with Gasteiger partial charge in [-0.15, -0.1) is 0 Å². The zero-order valence-corrected chi connectivity index (χ0v) is 11.6. The number of rotatable bonds is 3. The van der Waals surface area contributed by atoms with E-state index in [2.05, 4.69) is 10.3 Å². The first-order valence-corrected chi connectivity index (χ1v) is 6.66. The van der Waals surface area contributed by atoms with E-state index in [9.17, 15) is 9.90 Å². The van der Waals surface area contributed by atoms with Gasteiger partial charge in [0.2, 0.25) is 0 Å². The van der Waals surface area contributed by atoms with Gasteiger partial charge in [-0.1, -0.05) is 23.7 Å². The molecule has 2 N–H and O–H groups in total. The van der Waals surface area contributed by atoms with E-state index in [4.69, 9.17) is 11.6 Å². The molecule has 0 saturated carbocycles. The first-order chi connectivity index (χ1) is 10.1. The number of nitrogens with zero attached hydrogens (tertiary/aromatic N) is 1. The Hall–Kier alpha value is -2.59. The van der Waals surface area contributed by atoms with Gasteiger partial charge in [-0.05, 0) is 36.4 Å². The van der Waals surface area contributed by atoms with Gasteiger partial charge in [0.25, 0.3) is 0 Å². The summed E-state index contributed by atoms with van der Waals surface area (Å²) in [5.41, 5.74) is 2.29. The minimum absolute atomic E-state index is 0.219. The van der Waals surface area contributed by atoms with E-state index in [0.717, 1.165) is 16.6 Å². The van der Waals surface area contributed by atoms with Gasteiger partial charge in [0.1, 0.15) is 0 Å². The highest BCUT2D eigenvalue weighted by Crippen LogP contribution is 2.28. The third kappa shape index (κ3) is 2.66. The van der Waals surface area contributed by atoms with Gasteiger partial charge in [-0.25, -0.2) is 4.79 Å². The lowest BCUT2D eigenvalue weighted by Gasteiger charge is -2.11. The number of anilines is 2. The first kappa shape index (κ1) is 13.4. The number of aromatic carboxylic acids is 1. The molecular weight excluding hydrogens is 288 g/mol. The molecule has 0 amide bonds. The number of hydrogen-bond donors (Lipinski definition) is 2. The predicted octanol–water partition coefficient (Wildman–Crippen LogP) is 4.33. The van der Waals surface area contributed by atoms with Gasteiger partial charge in [-0.2, -0.15) is 0 Å². The van der Waals surface area contributed by atoms with Gasteiger partial charge >= 0.3 is 5.97 Å². The Morgan fingerprint density at radius 2 is 1.90 bits per heavy atom.